The van der Waals surface area contributed by atoms with E-state index in [0.717, 1.165) is 17.7 Å². The number of fused-ring (bicyclic) bond motifs is 1. The van der Waals surface area contributed by atoms with Crippen LogP contribution in [0.25, 0.3) is 11.2 Å². The van der Waals surface area contributed by atoms with E-state index in [1.165, 1.54) is 29.1 Å². The fourth-order valence-electron chi connectivity index (χ4n) is 4.29. The molecule has 41 heavy (non-hydrogen) atoms. The first-order valence-electron chi connectivity index (χ1n) is 12.5. The Kier molecular flexibility index (Phi) is 7.74. The second-order valence-corrected chi connectivity index (χ2v) is 10.6. The van der Waals surface area contributed by atoms with Gasteiger partial charge in [-0.25, -0.2) is 9.71 Å². The molecule has 0 unspecified atom stereocenters. The van der Waals surface area contributed by atoms with Crippen LogP contribution in [0.1, 0.15) is 29.1 Å². The van der Waals surface area contributed by atoms with Crippen molar-refractivity contribution in [2.75, 3.05) is 23.4 Å². The summed E-state index contributed by atoms with van der Waals surface area (Å²) in [5.74, 6) is -0.771. The number of aliphatic hydroxyl groups excluding tert-OH is 2. The van der Waals surface area contributed by atoms with Gasteiger partial charge in [-0.05, 0) is 36.2 Å². The van der Waals surface area contributed by atoms with E-state index in [9.17, 15) is 23.4 Å². The number of ether oxygens (including phenoxy) is 1. The van der Waals surface area contributed by atoms with Crippen LogP contribution < -0.4 is 21.5 Å². The summed E-state index contributed by atoms with van der Waals surface area (Å²) in [5.41, 5.74) is 14.1. The summed E-state index contributed by atoms with van der Waals surface area (Å²) < 4.78 is 38.4. The van der Waals surface area contributed by atoms with Crippen molar-refractivity contribution in [3.05, 3.63) is 66.0 Å². The maximum absolute atomic E-state index is 12.4. The van der Waals surface area contributed by atoms with Crippen molar-refractivity contribution in [3.63, 3.8) is 0 Å². The number of rotatable bonds is 9. The topological polar surface area (TPSA) is 230 Å². The highest BCUT2D eigenvalue weighted by atomic mass is 32.2. The van der Waals surface area contributed by atoms with Crippen LogP contribution in [0.5, 0.6) is 0 Å². The number of amides is 1. The first-order chi connectivity index (χ1) is 19.6. The number of carbonyl (C=O) groups excluding carboxylic acids is 1. The number of aliphatic hydroxyl groups is 2. The number of hydrogen-bond acceptors (Lipinski definition) is 13. The molecule has 0 saturated carbocycles. The Balaban J connectivity index is 1.30. The summed E-state index contributed by atoms with van der Waals surface area (Å²) in [5, 5.41) is 24.4. The second kappa shape index (κ2) is 11.3. The van der Waals surface area contributed by atoms with Gasteiger partial charge in [0.25, 0.3) is 5.91 Å². The van der Waals surface area contributed by atoms with Crippen LogP contribution in [0, 0.1) is 0 Å². The van der Waals surface area contributed by atoms with Gasteiger partial charge in [0.15, 0.2) is 17.7 Å². The van der Waals surface area contributed by atoms with Crippen LogP contribution in [-0.2, 0) is 25.6 Å². The number of nitrogens with zero attached hydrogens (tertiary/aromatic N) is 4. The summed E-state index contributed by atoms with van der Waals surface area (Å²) >= 11 is 0. The van der Waals surface area contributed by atoms with Crippen molar-refractivity contribution in [1.82, 2.24) is 24.2 Å². The van der Waals surface area contributed by atoms with Gasteiger partial charge in [-0.3, -0.25) is 13.5 Å². The summed E-state index contributed by atoms with van der Waals surface area (Å²) in [6.45, 7) is 1.33. The Morgan fingerprint density at radius 1 is 1.10 bits per heavy atom. The van der Waals surface area contributed by atoms with Crippen LogP contribution in [0.4, 0.5) is 23.1 Å². The number of nitrogens with two attached hydrogens (primary N) is 2. The number of aryl methyl sites for hydroxylation is 1. The summed E-state index contributed by atoms with van der Waals surface area (Å²) in [6, 6.07) is 13.6. The van der Waals surface area contributed by atoms with Gasteiger partial charge in [-0.15, -0.1) is 0 Å². The number of nitrogen functional groups attached to an aromatic ring is 2. The number of imidazole rings is 1. The lowest BCUT2D eigenvalue weighted by atomic mass is 10.1. The molecule has 0 bridgehead atoms. The molecular weight excluding hydrogens is 556 g/mol. The van der Waals surface area contributed by atoms with E-state index in [2.05, 4.69) is 20.3 Å². The van der Waals surface area contributed by atoms with Crippen molar-refractivity contribution in [2.45, 2.75) is 37.9 Å². The van der Waals surface area contributed by atoms with Gasteiger partial charge < -0.3 is 31.7 Å². The molecule has 1 saturated heterocycles. The van der Waals surface area contributed by atoms with E-state index in [-0.39, 0.29) is 34.2 Å². The highest BCUT2D eigenvalue weighted by molar-refractivity contribution is 7.85. The van der Waals surface area contributed by atoms with Crippen LogP contribution in [0.2, 0.25) is 0 Å². The van der Waals surface area contributed by atoms with Crippen molar-refractivity contribution in [3.8, 4) is 0 Å². The summed E-state index contributed by atoms with van der Waals surface area (Å²) in [6.07, 6.45) is -3.40. The molecule has 0 spiro atoms. The molecular formula is C25H28N8O7S. The molecule has 0 aliphatic carbocycles. The molecule has 0 radical (unpaired) electrons. The van der Waals surface area contributed by atoms with Crippen molar-refractivity contribution < 1.29 is 32.3 Å². The molecule has 3 heterocycles. The Hall–Kier alpha value is -4.35. The lowest BCUT2D eigenvalue weighted by molar-refractivity contribution is -0.0468. The molecule has 8 N–H and O–H groups in total. The quantitative estimate of drug-likeness (QED) is 0.148. The maximum Gasteiger partial charge on any atom is 0.362 e. The van der Waals surface area contributed by atoms with E-state index in [4.69, 9.17) is 20.4 Å². The number of aromatic nitrogens is 4. The standard InChI is InChI=1S/C25H28N8O7S/c1-2-13-7-9-14(10-8-13)29-25-30-21(27)18-22(31-25)33(12-28-18)24-20(35)19(34)17(40-24)11-39-41(37,38)32-23(36)15-5-3-4-6-16(15)26/h3-10,12,17,19-20,24,34-35H,2,11,26H2,1H3,(H,32,36)(H3,27,29,30,31)/t17-,19-,20-,24-/m1/s1. The van der Waals surface area contributed by atoms with Gasteiger partial charge in [-0.1, -0.05) is 31.2 Å². The smallest absolute Gasteiger partial charge is 0.362 e. The molecule has 2 aromatic heterocycles. The third kappa shape index (κ3) is 5.91. The molecule has 4 aromatic rings. The van der Waals surface area contributed by atoms with Crippen LogP contribution in [-0.4, -0.2) is 69.0 Å². The van der Waals surface area contributed by atoms with Crippen LogP contribution >= 0.6 is 0 Å². The minimum atomic E-state index is -4.62. The van der Waals surface area contributed by atoms with E-state index in [1.807, 2.05) is 31.2 Å². The van der Waals surface area contributed by atoms with Gasteiger partial charge in [0.2, 0.25) is 5.95 Å². The lowest BCUT2D eigenvalue weighted by Gasteiger charge is -2.17. The van der Waals surface area contributed by atoms with Gasteiger partial charge in [0.1, 0.15) is 23.8 Å². The average Bonchev–Trinajstić information content (AvgIpc) is 3.48. The Morgan fingerprint density at radius 2 is 1.83 bits per heavy atom. The fourth-order valence-corrected chi connectivity index (χ4v) is 5.00. The largest absolute Gasteiger partial charge is 0.398 e. The second-order valence-electron chi connectivity index (χ2n) is 9.24. The van der Waals surface area contributed by atoms with Gasteiger partial charge >= 0.3 is 10.3 Å². The minimum Gasteiger partial charge on any atom is -0.398 e. The maximum atomic E-state index is 12.4. The highest BCUT2D eigenvalue weighted by Gasteiger charge is 2.45. The number of nitrogens with one attached hydrogen (secondary N) is 2. The molecule has 1 aliphatic heterocycles. The first-order valence-corrected chi connectivity index (χ1v) is 13.9. The number of anilines is 4. The van der Waals surface area contributed by atoms with Gasteiger partial charge in [-0.2, -0.15) is 18.4 Å². The monoisotopic (exact) mass is 584 g/mol. The predicted molar refractivity (Wildman–Crippen MR) is 148 cm³/mol. The van der Waals surface area contributed by atoms with E-state index >= 15 is 0 Å². The molecule has 4 atom stereocenters. The molecule has 15 nitrogen and oxygen atoms in total. The summed E-state index contributed by atoms with van der Waals surface area (Å²) in [4.78, 5) is 25.2. The Bertz CT molecular complexity index is 1680. The van der Waals surface area contributed by atoms with Crippen LogP contribution in [0.15, 0.2) is 54.9 Å². The Labute approximate surface area is 234 Å². The number of hydrogen-bond donors (Lipinski definition) is 6. The lowest BCUT2D eigenvalue weighted by Crippen LogP contribution is -2.38. The Morgan fingerprint density at radius 3 is 2.54 bits per heavy atom. The third-order valence-electron chi connectivity index (χ3n) is 6.49. The number of benzene rings is 2. The molecule has 1 fully saturated rings. The SMILES string of the molecule is CCc1ccc(Nc2nc(N)c3ncn([C@@H]4O[C@H](COS(=O)(=O)NC(=O)c5ccccc5N)[C@@H](O)[C@H]4O)c3n2)cc1. The fraction of sp³-hybridized carbons (Fsp3) is 0.280. The number of carbonyl (C=O) groups is 1. The van der Waals surface area contributed by atoms with Gasteiger partial charge in [0, 0.05) is 11.4 Å². The molecule has 2 aromatic carbocycles. The molecule has 5 rings (SSSR count). The predicted octanol–water partition coefficient (Wildman–Crippen LogP) is 0.607. The van der Waals surface area contributed by atoms with E-state index in [1.54, 1.807) is 10.8 Å². The highest BCUT2D eigenvalue weighted by Crippen LogP contribution is 2.33. The van der Waals surface area contributed by atoms with E-state index in [0.29, 0.717) is 0 Å². The normalized spacial score (nSPS) is 20.8. The van der Waals surface area contributed by atoms with Crippen LogP contribution in [0.3, 0.4) is 0 Å². The average molecular weight is 585 g/mol. The van der Waals surface area contributed by atoms with Crippen molar-refractivity contribution in [1.29, 1.82) is 0 Å². The summed E-state index contributed by atoms with van der Waals surface area (Å²) in [7, 11) is -4.62. The zero-order chi connectivity index (χ0) is 29.3. The molecule has 1 amide bonds. The number of para-hydroxylation sites is 1. The molecule has 1 aliphatic rings. The zero-order valence-corrected chi connectivity index (χ0v) is 22.5. The van der Waals surface area contributed by atoms with Gasteiger partial charge in [0.05, 0.1) is 18.5 Å². The first kappa shape index (κ1) is 28.2. The van der Waals surface area contributed by atoms with E-state index < -0.39 is 47.4 Å². The third-order valence-corrected chi connectivity index (χ3v) is 7.37. The minimum absolute atomic E-state index is 0.0626. The van der Waals surface area contributed by atoms with Crippen molar-refractivity contribution >= 4 is 50.5 Å². The molecule has 16 heteroatoms. The molecule has 216 valence electrons. The van der Waals surface area contributed by atoms with Crippen molar-refractivity contribution in [2.24, 2.45) is 0 Å². The zero-order valence-electron chi connectivity index (χ0n) is 21.7.